The number of nitrogens with zero attached hydrogens (tertiary/aromatic N) is 5. The van der Waals surface area contributed by atoms with Gasteiger partial charge in [0.25, 0.3) is 5.69 Å². The summed E-state index contributed by atoms with van der Waals surface area (Å²) in [7, 11) is 0. The van der Waals surface area contributed by atoms with Crippen molar-refractivity contribution in [1.29, 1.82) is 0 Å². The van der Waals surface area contributed by atoms with Gasteiger partial charge in [0.2, 0.25) is 0 Å². The molecule has 13 heteroatoms. The first-order valence-corrected chi connectivity index (χ1v) is 9.97. The van der Waals surface area contributed by atoms with Crippen molar-refractivity contribution in [1.82, 2.24) is 19.8 Å². The van der Waals surface area contributed by atoms with Gasteiger partial charge in [0, 0.05) is 57.9 Å². The van der Waals surface area contributed by atoms with Crippen LogP contribution < -0.4 is 0 Å². The normalized spacial score (nSPS) is 17.6. The summed E-state index contributed by atoms with van der Waals surface area (Å²) in [6.07, 6.45) is 0. The molecule has 13 nitrogen and oxygen atoms in total. The van der Waals surface area contributed by atoms with Crippen LogP contribution in [0.4, 0.5) is 5.69 Å². The third-order valence-electron chi connectivity index (χ3n) is 5.03. The number of nitro benzene ring substituents is 1. The van der Waals surface area contributed by atoms with Crippen molar-refractivity contribution >= 4 is 23.6 Å². The number of hydrazine groups is 1. The lowest BCUT2D eigenvalue weighted by Crippen LogP contribution is -2.53. The Morgan fingerprint density at radius 2 is 1.19 bits per heavy atom. The fourth-order valence-electron chi connectivity index (χ4n) is 3.45. The molecule has 1 aliphatic heterocycles. The lowest BCUT2D eigenvalue weighted by atomic mass is 10.2. The van der Waals surface area contributed by atoms with E-state index in [4.69, 9.17) is 5.11 Å². The van der Waals surface area contributed by atoms with Crippen LogP contribution in [0.2, 0.25) is 0 Å². The molecular formula is C19H27N5O8. The summed E-state index contributed by atoms with van der Waals surface area (Å²) in [5.74, 6) is -3.11. The summed E-state index contributed by atoms with van der Waals surface area (Å²) < 4.78 is 0. The summed E-state index contributed by atoms with van der Waals surface area (Å²) >= 11 is 0. The van der Waals surface area contributed by atoms with Gasteiger partial charge in [0.1, 0.15) is 6.54 Å². The van der Waals surface area contributed by atoms with Crippen molar-refractivity contribution in [3.05, 3.63) is 39.9 Å². The highest BCUT2D eigenvalue weighted by Gasteiger charge is 2.24. The molecule has 0 atom stereocenters. The van der Waals surface area contributed by atoms with Crippen LogP contribution >= 0.6 is 0 Å². The van der Waals surface area contributed by atoms with Gasteiger partial charge in [-0.1, -0.05) is 12.1 Å². The van der Waals surface area contributed by atoms with Gasteiger partial charge in [-0.3, -0.25) is 34.3 Å². The van der Waals surface area contributed by atoms with Crippen molar-refractivity contribution in [3.8, 4) is 0 Å². The highest BCUT2D eigenvalue weighted by Crippen LogP contribution is 2.15. The number of hydrogen-bond acceptors (Lipinski definition) is 9. The van der Waals surface area contributed by atoms with Gasteiger partial charge in [-0.25, -0.2) is 10.0 Å². The van der Waals surface area contributed by atoms with Crippen LogP contribution in [0.25, 0.3) is 0 Å². The van der Waals surface area contributed by atoms with E-state index in [0.717, 1.165) is 5.56 Å². The largest absolute Gasteiger partial charge is 0.480 e. The molecule has 1 aliphatic rings. The van der Waals surface area contributed by atoms with E-state index in [-0.39, 0.29) is 45.0 Å². The monoisotopic (exact) mass is 453 g/mol. The molecule has 1 fully saturated rings. The number of benzene rings is 1. The quantitative estimate of drug-likeness (QED) is 0.324. The van der Waals surface area contributed by atoms with Crippen molar-refractivity contribution in [3.63, 3.8) is 0 Å². The summed E-state index contributed by atoms with van der Waals surface area (Å²) in [6, 6.07) is 5.90. The van der Waals surface area contributed by atoms with E-state index < -0.39 is 22.8 Å². The zero-order valence-electron chi connectivity index (χ0n) is 17.5. The Bertz CT molecular complexity index is 818. The maximum atomic E-state index is 11.5. The Kier molecular flexibility index (Phi) is 9.46. The van der Waals surface area contributed by atoms with Gasteiger partial charge < -0.3 is 15.3 Å². The molecular weight excluding hydrogens is 426 g/mol. The summed E-state index contributed by atoms with van der Waals surface area (Å²) in [5, 5.41) is 42.0. The molecule has 0 unspecified atom stereocenters. The number of nitro groups is 1. The van der Waals surface area contributed by atoms with Crippen molar-refractivity contribution in [2.24, 2.45) is 0 Å². The van der Waals surface area contributed by atoms with E-state index >= 15 is 0 Å². The Balaban J connectivity index is 2.26. The molecule has 176 valence electrons. The lowest BCUT2D eigenvalue weighted by molar-refractivity contribution is -0.384. The van der Waals surface area contributed by atoms with Crippen LogP contribution in [-0.4, -0.2) is 117 Å². The van der Waals surface area contributed by atoms with E-state index in [1.165, 1.54) is 12.1 Å². The van der Waals surface area contributed by atoms with Crippen LogP contribution in [0.5, 0.6) is 0 Å². The van der Waals surface area contributed by atoms with Gasteiger partial charge in [-0.05, 0) is 5.56 Å². The average Bonchev–Trinajstić information content (AvgIpc) is 2.70. The van der Waals surface area contributed by atoms with E-state index in [1.807, 2.05) is 0 Å². The molecule has 3 N–H and O–H groups in total. The smallest absolute Gasteiger partial charge is 0.319 e. The van der Waals surface area contributed by atoms with Gasteiger partial charge in [-0.15, -0.1) is 0 Å². The zero-order chi connectivity index (χ0) is 23.7. The second kappa shape index (κ2) is 12.0. The average molecular weight is 453 g/mol. The first-order chi connectivity index (χ1) is 15.1. The molecule has 0 saturated carbocycles. The van der Waals surface area contributed by atoms with E-state index in [2.05, 4.69) is 0 Å². The predicted molar refractivity (Wildman–Crippen MR) is 111 cm³/mol. The van der Waals surface area contributed by atoms with Crippen LogP contribution in [-0.2, 0) is 20.9 Å². The van der Waals surface area contributed by atoms with Crippen molar-refractivity contribution in [2.45, 2.75) is 6.54 Å². The number of aliphatic carboxylic acids is 3. The number of non-ortho nitro benzene ring substituents is 1. The number of rotatable bonds is 9. The summed E-state index contributed by atoms with van der Waals surface area (Å²) in [5.41, 5.74) is 0.657. The standard InChI is InChI=1S/C19H27N5O8/c25-17(26)12-20-5-6-21(13-18(27)28)8-10-23(14-19(29)30)22(9-7-20)11-15-1-3-16(4-2-15)24(31)32/h1-4H,5-14H2,(H,25,26)(H,27,28)(H,29,30). The molecule has 0 spiro atoms. The van der Waals surface area contributed by atoms with Gasteiger partial charge in [0.05, 0.1) is 18.0 Å². The third-order valence-corrected chi connectivity index (χ3v) is 5.03. The number of carbonyl (C=O) groups is 3. The van der Waals surface area contributed by atoms with Gasteiger partial charge in [-0.2, -0.15) is 0 Å². The van der Waals surface area contributed by atoms with E-state index in [9.17, 15) is 34.7 Å². The first-order valence-electron chi connectivity index (χ1n) is 9.97. The molecule has 0 bridgehead atoms. The third kappa shape index (κ3) is 8.55. The number of carboxylic acids is 3. The minimum Gasteiger partial charge on any atom is -0.480 e. The lowest BCUT2D eigenvalue weighted by Gasteiger charge is -2.38. The fraction of sp³-hybridized carbons (Fsp3) is 0.526. The van der Waals surface area contributed by atoms with Crippen molar-refractivity contribution < 1.29 is 34.6 Å². The number of hydrogen-bond donors (Lipinski definition) is 3. The highest BCUT2D eigenvalue weighted by molar-refractivity contribution is 5.69. The Labute approximate surface area is 184 Å². The second-order valence-electron chi connectivity index (χ2n) is 7.43. The van der Waals surface area contributed by atoms with Gasteiger partial charge >= 0.3 is 17.9 Å². The maximum Gasteiger partial charge on any atom is 0.319 e. The van der Waals surface area contributed by atoms with Crippen LogP contribution in [0, 0.1) is 10.1 Å². The highest BCUT2D eigenvalue weighted by atomic mass is 16.6. The van der Waals surface area contributed by atoms with E-state index in [1.54, 1.807) is 32.0 Å². The van der Waals surface area contributed by atoms with Crippen molar-refractivity contribution in [2.75, 3.05) is 58.9 Å². The molecule has 32 heavy (non-hydrogen) atoms. The van der Waals surface area contributed by atoms with Crippen LogP contribution in [0.15, 0.2) is 24.3 Å². The molecule has 0 amide bonds. The first kappa shape index (κ1) is 25.1. The van der Waals surface area contributed by atoms with Crippen LogP contribution in [0.1, 0.15) is 5.56 Å². The minimum atomic E-state index is -1.07. The summed E-state index contributed by atoms with van der Waals surface area (Å²) in [6.45, 7) is 1.32. The number of carboxylic acid groups (broad SMARTS) is 3. The Hall–Kier alpha value is -3.13. The Morgan fingerprint density at radius 3 is 1.62 bits per heavy atom. The molecule has 1 aromatic rings. The predicted octanol–water partition coefficient (Wildman–Crippen LogP) is -0.515. The van der Waals surface area contributed by atoms with E-state index in [0.29, 0.717) is 26.2 Å². The maximum absolute atomic E-state index is 11.5. The molecule has 2 rings (SSSR count). The zero-order valence-corrected chi connectivity index (χ0v) is 17.5. The Morgan fingerprint density at radius 1 is 0.750 bits per heavy atom. The molecule has 0 radical (unpaired) electrons. The molecule has 1 heterocycles. The molecule has 0 aromatic heterocycles. The second-order valence-corrected chi connectivity index (χ2v) is 7.43. The fourth-order valence-corrected chi connectivity index (χ4v) is 3.45. The summed E-state index contributed by atoms with van der Waals surface area (Å²) in [4.78, 5) is 47.6. The van der Waals surface area contributed by atoms with Crippen LogP contribution in [0.3, 0.4) is 0 Å². The van der Waals surface area contributed by atoms with Gasteiger partial charge in [0.15, 0.2) is 0 Å². The minimum absolute atomic E-state index is 0.0611. The molecule has 0 aliphatic carbocycles. The molecule has 1 aromatic carbocycles. The SMILES string of the molecule is O=C(O)CN1CCN(CC(=O)O)CCN(Cc2ccc([N+](=O)[O-])cc2)N(CC(=O)O)CC1. The topological polar surface area (TPSA) is 168 Å². The molecule has 1 saturated heterocycles.